The molecule has 0 saturated carbocycles. The zero-order valence-corrected chi connectivity index (χ0v) is 13.0. The SMILES string of the molecule is O=c1c(=O)n(-c2cccc(Cl)c2)ccn1Cc1cc(F)ccc1F. The Hall–Kier alpha value is -2.73. The molecule has 4 nitrogen and oxygen atoms in total. The highest BCUT2D eigenvalue weighted by atomic mass is 35.5. The predicted octanol–water partition coefficient (Wildman–Crippen LogP) is 2.98. The molecule has 0 bridgehead atoms. The quantitative estimate of drug-likeness (QED) is 0.683. The predicted molar refractivity (Wildman–Crippen MR) is 86.8 cm³/mol. The molecule has 1 aromatic heterocycles. The van der Waals surface area contributed by atoms with Gasteiger partial charge in [-0.3, -0.25) is 14.2 Å². The Morgan fingerprint density at radius 1 is 0.958 bits per heavy atom. The van der Waals surface area contributed by atoms with E-state index in [0.29, 0.717) is 10.7 Å². The van der Waals surface area contributed by atoms with E-state index in [4.69, 9.17) is 11.6 Å². The molecule has 0 radical (unpaired) electrons. The van der Waals surface area contributed by atoms with Crippen molar-refractivity contribution >= 4 is 11.6 Å². The first kappa shape index (κ1) is 16.1. The van der Waals surface area contributed by atoms with Crippen LogP contribution >= 0.6 is 11.6 Å². The molecular formula is C17H11ClF2N2O2. The molecule has 0 amide bonds. The van der Waals surface area contributed by atoms with Crippen LogP contribution in [0.5, 0.6) is 0 Å². The number of halogens is 3. The highest BCUT2D eigenvalue weighted by molar-refractivity contribution is 6.30. The lowest BCUT2D eigenvalue weighted by atomic mass is 10.2. The largest absolute Gasteiger partial charge is 0.320 e. The van der Waals surface area contributed by atoms with Gasteiger partial charge in [0, 0.05) is 23.0 Å². The molecule has 0 spiro atoms. The number of rotatable bonds is 3. The second-order valence-electron chi connectivity index (χ2n) is 5.12. The summed E-state index contributed by atoms with van der Waals surface area (Å²) in [6.45, 7) is -0.242. The van der Waals surface area contributed by atoms with Gasteiger partial charge in [0.05, 0.1) is 12.2 Å². The summed E-state index contributed by atoms with van der Waals surface area (Å²) in [5.74, 6) is -1.27. The van der Waals surface area contributed by atoms with Crippen molar-refractivity contribution in [3.63, 3.8) is 0 Å². The van der Waals surface area contributed by atoms with Gasteiger partial charge >= 0.3 is 11.1 Å². The first-order valence-corrected chi connectivity index (χ1v) is 7.35. The van der Waals surface area contributed by atoms with Crippen molar-refractivity contribution in [2.75, 3.05) is 0 Å². The van der Waals surface area contributed by atoms with Crippen molar-refractivity contribution in [1.82, 2.24) is 9.13 Å². The second-order valence-corrected chi connectivity index (χ2v) is 5.56. The first-order chi connectivity index (χ1) is 11.5. The van der Waals surface area contributed by atoms with Crippen molar-refractivity contribution < 1.29 is 8.78 Å². The van der Waals surface area contributed by atoms with E-state index in [1.165, 1.54) is 12.4 Å². The molecule has 3 rings (SSSR count). The van der Waals surface area contributed by atoms with E-state index in [-0.39, 0.29) is 12.1 Å². The number of hydrogen-bond donors (Lipinski definition) is 0. The fraction of sp³-hybridized carbons (Fsp3) is 0.0588. The van der Waals surface area contributed by atoms with Crippen LogP contribution in [0.3, 0.4) is 0 Å². The molecule has 0 aliphatic heterocycles. The Bertz CT molecular complexity index is 1030. The maximum absolute atomic E-state index is 13.7. The molecule has 0 fully saturated rings. The lowest BCUT2D eigenvalue weighted by Crippen LogP contribution is -2.40. The number of benzene rings is 2. The minimum Gasteiger partial charge on any atom is -0.305 e. The zero-order valence-electron chi connectivity index (χ0n) is 12.2. The molecule has 1 heterocycles. The van der Waals surface area contributed by atoms with E-state index in [9.17, 15) is 18.4 Å². The maximum atomic E-state index is 13.7. The molecule has 0 aliphatic rings. The summed E-state index contributed by atoms with van der Waals surface area (Å²) in [6, 6.07) is 9.41. The van der Waals surface area contributed by atoms with Crippen LogP contribution in [0, 0.1) is 11.6 Å². The van der Waals surface area contributed by atoms with E-state index in [0.717, 1.165) is 27.3 Å². The van der Waals surface area contributed by atoms with Gasteiger partial charge in [-0.1, -0.05) is 17.7 Å². The molecule has 7 heteroatoms. The summed E-state index contributed by atoms with van der Waals surface area (Å²) in [5, 5.41) is 0.422. The molecule has 0 saturated heterocycles. The van der Waals surface area contributed by atoms with Gasteiger partial charge in [0.25, 0.3) is 0 Å². The summed E-state index contributed by atoms with van der Waals surface area (Å²) < 4.78 is 29.1. The van der Waals surface area contributed by atoms with Crippen molar-refractivity contribution in [3.05, 3.63) is 97.8 Å². The van der Waals surface area contributed by atoms with E-state index in [1.807, 2.05) is 0 Å². The van der Waals surface area contributed by atoms with Gasteiger partial charge in [-0.2, -0.15) is 0 Å². The van der Waals surface area contributed by atoms with Gasteiger partial charge in [-0.25, -0.2) is 8.78 Å². The Balaban J connectivity index is 2.04. The number of hydrogen-bond acceptors (Lipinski definition) is 2. The fourth-order valence-corrected chi connectivity index (χ4v) is 2.49. The van der Waals surface area contributed by atoms with Gasteiger partial charge in [-0.15, -0.1) is 0 Å². The van der Waals surface area contributed by atoms with Gasteiger partial charge < -0.3 is 4.57 Å². The van der Waals surface area contributed by atoms with Crippen LogP contribution in [-0.4, -0.2) is 9.13 Å². The molecule has 0 N–H and O–H groups in total. The van der Waals surface area contributed by atoms with Crippen molar-refractivity contribution in [3.8, 4) is 5.69 Å². The normalized spacial score (nSPS) is 10.8. The average molecular weight is 349 g/mol. The van der Waals surface area contributed by atoms with Crippen LogP contribution in [0.1, 0.15) is 5.56 Å². The molecular weight excluding hydrogens is 338 g/mol. The van der Waals surface area contributed by atoms with E-state index >= 15 is 0 Å². The second kappa shape index (κ2) is 6.41. The summed E-state index contributed by atoms with van der Waals surface area (Å²) >= 11 is 5.88. The topological polar surface area (TPSA) is 44.0 Å². The van der Waals surface area contributed by atoms with Crippen molar-refractivity contribution in [2.24, 2.45) is 0 Å². The summed E-state index contributed by atoms with van der Waals surface area (Å²) in [5.41, 5.74) is -1.23. The standard InChI is InChI=1S/C17H11ClF2N2O2/c18-12-2-1-3-14(9-12)22-7-6-21(16(23)17(22)24)10-11-8-13(19)4-5-15(11)20/h1-9H,10H2. The molecule has 0 aliphatic carbocycles. The highest BCUT2D eigenvalue weighted by Gasteiger charge is 2.10. The minimum atomic E-state index is -0.846. The van der Waals surface area contributed by atoms with Crippen LogP contribution < -0.4 is 11.1 Å². The molecule has 0 unspecified atom stereocenters. The van der Waals surface area contributed by atoms with E-state index in [2.05, 4.69) is 0 Å². The van der Waals surface area contributed by atoms with Gasteiger partial charge in [0.1, 0.15) is 11.6 Å². The van der Waals surface area contributed by atoms with Crippen LogP contribution in [0.4, 0.5) is 8.78 Å². The molecule has 3 aromatic rings. The van der Waals surface area contributed by atoms with Crippen LogP contribution in [0.15, 0.2) is 64.4 Å². The van der Waals surface area contributed by atoms with Crippen LogP contribution in [0.25, 0.3) is 5.69 Å². The lowest BCUT2D eigenvalue weighted by Gasteiger charge is -2.10. The van der Waals surface area contributed by atoms with E-state index < -0.39 is 22.8 Å². The van der Waals surface area contributed by atoms with Gasteiger partial charge in [-0.05, 0) is 36.4 Å². The third-order valence-electron chi connectivity index (χ3n) is 3.49. The third kappa shape index (κ3) is 3.14. The Labute approximate surface area is 140 Å². The number of nitrogens with zero attached hydrogens (tertiary/aromatic N) is 2. The first-order valence-electron chi connectivity index (χ1n) is 6.97. The Kier molecular flexibility index (Phi) is 4.31. The molecule has 24 heavy (non-hydrogen) atoms. The molecule has 2 aromatic carbocycles. The van der Waals surface area contributed by atoms with Gasteiger partial charge in [0.15, 0.2) is 0 Å². The maximum Gasteiger partial charge on any atom is 0.320 e. The average Bonchev–Trinajstić information content (AvgIpc) is 2.55. The highest BCUT2D eigenvalue weighted by Crippen LogP contribution is 2.13. The summed E-state index contributed by atoms with van der Waals surface area (Å²) in [6.07, 6.45) is 2.72. The summed E-state index contributed by atoms with van der Waals surface area (Å²) in [4.78, 5) is 24.5. The number of aromatic nitrogens is 2. The van der Waals surface area contributed by atoms with Crippen molar-refractivity contribution in [1.29, 1.82) is 0 Å². The third-order valence-corrected chi connectivity index (χ3v) is 3.73. The minimum absolute atomic E-state index is 0.0167. The molecule has 122 valence electrons. The van der Waals surface area contributed by atoms with E-state index in [1.54, 1.807) is 24.3 Å². The monoisotopic (exact) mass is 348 g/mol. The smallest absolute Gasteiger partial charge is 0.305 e. The molecule has 0 atom stereocenters. The Morgan fingerprint density at radius 2 is 1.75 bits per heavy atom. The zero-order chi connectivity index (χ0) is 17.3. The van der Waals surface area contributed by atoms with Crippen LogP contribution in [0.2, 0.25) is 5.02 Å². The lowest BCUT2D eigenvalue weighted by molar-refractivity contribution is 0.572. The van der Waals surface area contributed by atoms with Crippen LogP contribution in [-0.2, 0) is 6.54 Å². The summed E-state index contributed by atoms with van der Waals surface area (Å²) in [7, 11) is 0. The van der Waals surface area contributed by atoms with Crippen molar-refractivity contribution in [2.45, 2.75) is 6.54 Å². The van der Waals surface area contributed by atoms with Gasteiger partial charge in [0.2, 0.25) is 0 Å². The Morgan fingerprint density at radius 3 is 2.50 bits per heavy atom. The fourth-order valence-electron chi connectivity index (χ4n) is 2.31.